The zero-order valence-corrected chi connectivity index (χ0v) is 30.2. The van der Waals surface area contributed by atoms with Gasteiger partial charge in [0.25, 0.3) is 8.32 Å². The third kappa shape index (κ3) is 7.33. The molecule has 4 aromatic rings. The van der Waals surface area contributed by atoms with Gasteiger partial charge in [0.2, 0.25) is 0 Å². The van der Waals surface area contributed by atoms with Gasteiger partial charge in [-0.15, -0.1) is 0 Å². The molecule has 8 nitrogen and oxygen atoms in total. The first-order valence-electron chi connectivity index (χ1n) is 17.5. The smallest absolute Gasteiger partial charge is 0.407 e. The van der Waals surface area contributed by atoms with Crippen molar-refractivity contribution in [3.63, 3.8) is 0 Å². The van der Waals surface area contributed by atoms with Crippen molar-refractivity contribution in [1.29, 1.82) is 0 Å². The molecule has 1 N–H and O–H groups in total. The lowest BCUT2D eigenvalue weighted by Crippen LogP contribution is -2.66. The predicted molar refractivity (Wildman–Crippen MR) is 193 cm³/mol. The minimum atomic E-state index is -2.56. The van der Waals surface area contributed by atoms with Gasteiger partial charge in [0.05, 0.1) is 17.9 Å². The van der Waals surface area contributed by atoms with Crippen LogP contribution in [-0.2, 0) is 17.4 Å². The van der Waals surface area contributed by atoms with Crippen LogP contribution in [0, 0.1) is 17.8 Å². The number of ether oxygens (including phenoxy) is 1. The lowest BCUT2D eigenvalue weighted by Gasteiger charge is -2.43. The largest absolute Gasteiger partial charge is 0.493 e. The van der Waals surface area contributed by atoms with Crippen molar-refractivity contribution in [3.05, 3.63) is 84.1 Å². The molecule has 6 rings (SSSR count). The number of benzene rings is 3. The van der Waals surface area contributed by atoms with Gasteiger partial charge in [0.1, 0.15) is 5.75 Å². The highest BCUT2D eigenvalue weighted by Gasteiger charge is 2.51. The molecule has 9 heteroatoms. The molecule has 3 aromatic carbocycles. The molecule has 2 heterocycles. The molecule has 1 saturated carbocycles. The fourth-order valence-electron chi connectivity index (χ4n) is 7.54. The van der Waals surface area contributed by atoms with E-state index in [1.807, 2.05) is 0 Å². The molecule has 2 aliphatic rings. The monoisotopic (exact) mass is 669 g/mol. The number of carbonyl (C=O) groups is 1. The molecule has 0 spiro atoms. The highest BCUT2D eigenvalue weighted by molar-refractivity contribution is 6.99. The van der Waals surface area contributed by atoms with E-state index in [-0.39, 0.29) is 5.04 Å². The van der Waals surface area contributed by atoms with E-state index in [1.54, 1.807) is 0 Å². The van der Waals surface area contributed by atoms with E-state index >= 15 is 0 Å². The predicted octanol–water partition coefficient (Wildman–Crippen LogP) is 6.80. The van der Waals surface area contributed by atoms with Crippen molar-refractivity contribution in [2.24, 2.45) is 17.8 Å². The molecule has 1 aliphatic carbocycles. The standard InChI is InChI=1S/C39H51N3O5Si/c1-39(2,3)48(31-12-8-6-9-13-31,32-14-10-7-11-15-32)46-27-30-24-29(30)26-45-36-19-17-33-35(40-47-37(33)34(36)25-41(4)5)18-16-28-20-22-42(23-21-28)38(43)44/h6-15,17,19,28-30H,16,18,20-27H2,1-5H3,(H,43,44)/t29-,30+/m0/s1. The number of nitrogens with zero attached hydrogens (tertiary/aromatic N) is 3. The number of amides is 1. The summed E-state index contributed by atoms with van der Waals surface area (Å²) in [7, 11) is 1.55. The number of aryl methyl sites for hydroxylation is 1. The molecule has 2 atom stereocenters. The van der Waals surface area contributed by atoms with Crippen molar-refractivity contribution >= 4 is 35.8 Å². The number of likely N-dealkylation sites (tertiary alicyclic amines) is 1. The summed E-state index contributed by atoms with van der Waals surface area (Å²) in [6.07, 6.45) is 3.88. The first-order valence-corrected chi connectivity index (χ1v) is 19.4. The molecule has 1 amide bonds. The maximum Gasteiger partial charge on any atom is 0.407 e. The summed E-state index contributed by atoms with van der Waals surface area (Å²) < 4.78 is 19.8. The minimum Gasteiger partial charge on any atom is -0.493 e. The fourth-order valence-corrected chi connectivity index (χ4v) is 12.2. The summed E-state index contributed by atoms with van der Waals surface area (Å²) in [4.78, 5) is 14.9. The van der Waals surface area contributed by atoms with E-state index in [0.29, 0.717) is 44.0 Å². The zero-order valence-electron chi connectivity index (χ0n) is 29.2. The highest BCUT2D eigenvalue weighted by atomic mass is 28.4. The van der Waals surface area contributed by atoms with Gasteiger partial charge in [-0.2, -0.15) is 0 Å². The number of carboxylic acid groups (broad SMARTS) is 1. The SMILES string of the molecule is CN(C)Cc1c(OC[C@@H]2C[C@@H]2CO[Si](c2ccccc2)(c2ccccc2)C(C)(C)C)ccc2c(CCC3CCN(C(=O)O)CC3)noc12. The molecule has 0 unspecified atom stereocenters. The molecule has 256 valence electrons. The second-order valence-electron chi connectivity index (χ2n) is 15.1. The van der Waals surface area contributed by atoms with E-state index in [1.165, 1.54) is 15.3 Å². The highest BCUT2D eigenvalue weighted by Crippen LogP contribution is 2.43. The van der Waals surface area contributed by atoms with E-state index in [0.717, 1.165) is 66.7 Å². The van der Waals surface area contributed by atoms with E-state index < -0.39 is 14.4 Å². The second-order valence-corrected chi connectivity index (χ2v) is 19.4. The van der Waals surface area contributed by atoms with Gasteiger partial charge in [-0.1, -0.05) is 86.6 Å². The Morgan fingerprint density at radius 2 is 1.58 bits per heavy atom. The molecule has 0 radical (unpaired) electrons. The molecular weight excluding hydrogens is 619 g/mol. The van der Waals surface area contributed by atoms with Crippen LogP contribution in [-0.4, -0.2) is 74.9 Å². The van der Waals surface area contributed by atoms with Gasteiger partial charge in [0, 0.05) is 31.6 Å². The van der Waals surface area contributed by atoms with Crippen molar-refractivity contribution < 1.29 is 23.6 Å². The normalized spacial score (nSPS) is 18.8. The Morgan fingerprint density at radius 3 is 2.17 bits per heavy atom. The van der Waals surface area contributed by atoms with E-state index in [4.69, 9.17) is 13.7 Å². The molecule has 48 heavy (non-hydrogen) atoms. The van der Waals surface area contributed by atoms with Crippen LogP contribution in [0.1, 0.15) is 57.7 Å². The van der Waals surface area contributed by atoms with Gasteiger partial charge in [0.15, 0.2) is 5.58 Å². The number of rotatable bonds is 13. The molecule has 0 bridgehead atoms. The fraction of sp³-hybridized carbons (Fsp3) is 0.487. The molecule has 1 saturated heterocycles. The van der Waals surface area contributed by atoms with Gasteiger partial charge in [-0.05, 0) is 91.5 Å². The number of piperidine rings is 1. The summed E-state index contributed by atoms with van der Waals surface area (Å²) in [5.41, 5.74) is 2.81. The van der Waals surface area contributed by atoms with Crippen molar-refractivity contribution in [2.75, 3.05) is 40.4 Å². The van der Waals surface area contributed by atoms with Crippen molar-refractivity contribution in [1.82, 2.24) is 15.0 Å². The zero-order chi connectivity index (χ0) is 33.9. The maximum absolute atomic E-state index is 11.3. The second kappa shape index (κ2) is 14.4. The third-order valence-corrected chi connectivity index (χ3v) is 15.4. The average Bonchev–Trinajstić information content (AvgIpc) is 3.70. The van der Waals surface area contributed by atoms with Crippen LogP contribution >= 0.6 is 0 Å². The Balaban J connectivity index is 1.11. The minimum absolute atomic E-state index is 0.0407. The van der Waals surface area contributed by atoms with Gasteiger partial charge in [-0.25, -0.2) is 4.79 Å². The molecule has 1 aromatic heterocycles. The summed E-state index contributed by atoms with van der Waals surface area (Å²) in [5, 5.41) is 17.4. The Kier molecular flexibility index (Phi) is 10.3. The lowest BCUT2D eigenvalue weighted by molar-refractivity contribution is 0.123. The van der Waals surface area contributed by atoms with E-state index in [9.17, 15) is 9.90 Å². The molecule has 1 aliphatic heterocycles. The Morgan fingerprint density at radius 1 is 0.958 bits per heavy atom. The van der Waals surface area contributed by atoms with Gasteiger partial charge in [-0.3, -0.25) is 0 Å². The van der Waals surface area contributed by atoms with Gasteiger partial charge >= 0.3 is 6.09 Å². The lowest BCUT2D eigenvalue weighted by atomic mass is 9.91. The summed E-state index contributed by atoms with van der Waals surface area (Å²) in [6.45, 7) is 10.3. The molecule has 2 fully saturated rings. The number of hydrogen-bond acceptors (Lipinski definition) is 6. The Hall–Kier alpha value is -3.66. The van der Waals surface area contributed by atoms with Crippen molar-refractivity contribution in [2.45, 2.75) is 64.5 Å². The first-order chi connectivity index (χ1) is 23.1. The maximum atomic E-state index is 11.3. The Labute approximate surface area is 286 Å². The van der Waals surface area contributed by atoms with Crippen LogP contribution < -0.4 is 15.1 Å². The van der Waals surface area contributed by atoms with Crippen LogP contribution in [0.2, 0.25) is 5.04 Å². The quantitative estimate of drug-likeness (QED) is 0.157. The summed E-state index contributed by atoms with van der Waals surface area (Å²) >= 11 is 0. The summed E-state index contributed by atoms with van der Waals surface area (Å²) in [5.74, 6) is 2.28. The van der Waals surface area contributed by atoms with Crippen LogP contribution in [0.4, 0.5) is 4.79 Å². The van der Waals surface area contributed by atoms with Crippen LogP contribution in [0.5, 0.6) is 5.75 Å². The Bertz CT molecular complexity index is 1620. The van der Waals surface area contributed by atoms with Crippen molar-refractivity contribution in [3.8, 4) is 5.75 Å². The topological polar surface area (TPSA) is 88.3 Å². The van der Waals surface area contributed by atoms with Crippen LogP contribution in [0.15, 0.2) is 77.3 Å². The number of aromatic nitrogens is 1. The summed E-state index contributed by atoms with van der Waals surface area (Å²) in [6, 6.07) is 25.9. The van der Waals surface area contributed by atoms with Crippen LogP contribution in [0.25, 0.3) is 11.0 Å². The van der Waals surface area contributed by atoms with Crippen LogP contribution in [0.3, 0.4) is 0 Å². The molecular formula is C39H51N3O5Si. The average molecular weight is 670 g/mol. The number of fused-ring (bicyclic) bond motifs is 1. The first kappa shape index (κ1) is 34.2. The van der Waals surface area contributed by atoms with E-state index in [2.05, 4.69) is 118 Å². The van der Waals surface area contributed by atoms with Gasteiger partial charge < -0.3 is 28.6 Å². The third-order valence-electron chi connectivity index (χ3n) is 10.4. The number of hydrogen-bond donors (Lipinski definition) is 1.